The Labute approximate surface area is 291 Å². The molecule has 1 saturated heterocycles. The lowest BCUT2D eigenvalue weighted by Gasteiger charge is -2.36. The predicted molar refractivity (Wildman–Crippen MR) is 174 cm³/mol. The maximum Gasteiger partial charge on any atom is 0.352 e. The van der Waals surface area contributed by atoms with Gasteiger partial charge in [-0.25, -0.2) is 9.59 Å². The molecule has 0 saturated carbocycles. The predicted octanol–water partition coefficient (Wildman–Crippen LogP) is 4.49. The average Bonchev–Trinajstić information content (AvgIpc) is 3.53. The number of hydroxylamine groups is 2. The van der Waals surface area contributed by atoms with Crippen molar-refractivity contribution in [3.8, 4) is 23.0 Å². The van der Waals surface area contributed by atoms with Gasteiger partial charge in [-0.1, -0.05) is 6.07 Å². The van der Waals surface area contributed by atoms with E-state index in [9.17, 15) is 33.6 Å². The Morgan fingerprint density at radius 3 is 1.76 bits per heavy atom. The molecule has 1 N–H and O–H groups in total. The van der Waals surface area contributed by atoms with Crippen LogP contribution in [0.1, 0.15) is 91.8 Å². The number of ether oxygens (including phenoxy) is 4. The fourth-order valence-corrected chi connectivity index (χ4v) is 5.52. The number of nitrogens with one attached hydrogen (secondary N) is 1. The lowest BCUT2D eigenvalue weighted by molar-refractivity contribution is -0.196. The third-order valence-corrected chi connectivity index (χ3v) is 8.25. The van der Waals surface area contributed by atoms with Crippen molar-refractivity contribution in [2.24, 2.45) is 10.8 Å². The van der Waals surface area contributed by atoms with Crippen LogP contribution in [0.3, 0.4) is 0 Å². The zero-order valence-corrected chi connectivity index (χ0v) is 28.7. The van der Waals surface area contributed by atoms with Crippen molar-refractivity contribution < 1.29 is 57.3 Å². The minimum absolute atomic E-state index is 0.00487. The van der Waals surface area contributed by atoms with Crippen LogP contribution in [0.15, 0.2) is 54.6 Å². The van der Waals surface area contributed by atoms with Crippen LogP contribution in [0.4, 0.5) is 0 Å². The van der Waals surface area contributed by atoms with Gasteiger partial charge in [0.1, 0.15) is 29.5 Å². The van der Waals surface area contributed by atoms with Gasteiger partial charge in [0.15, 0.2) is 5.60 Å². The number of rotatable bonds is 6. The standard InChI is InChI=1S/C37H34N2O12/c1-35(2,3)33(45)47-20-8-11-24-26(16-20)49-27-17-21(48-34(46)36(4,5)6)9-12-25(27)37(24)23-10-7-19(15-22(23)32(44)50-37)31(43)38-18-30(42)51-39-28(40)13-14-29(39)41/h7-12,15-17H,13-14,18H2,1-6H3,(H,38,43). The number of esters is 3. The summed E-state index contributed by atoms with van der Waals surface area (Å²) in [6.45, 7) is 9.61. The largest absolute Gasteiger partial charge is 0.456 e. The van der Waals surface area contributed by atoms with Gasteiger partial charge in [0, 0.05) is 47.2 Å². The highest BCUT2D eigenvalue weighted by atomic mass is 16.7. The van der Waals surface area contributed by atoms with Crippen molar-refractivity contribution in [3.63, 3.8) is 0 Å². The van der Waals surface area contributed by atoms with Gasteiger partial charge in [0.25, 0.3) is 17.7 Å². The normalized spacial score (nSPS) is 15.6. The zero-order chi connectivity index (χ0) is 37.0. The second-order valence-corrected chi connectivity index (χ2v) is 14.3. The number of benzene rings is 3. The summed E-state index contributed by atoms with van der Waals surface area (Å²) in [6.07, 6.45) is -0.159. The minimum Gasteiger partial charge on any atom is -0.456 e. The lowest BCUT2D eigenvalue weighted by Crippen LogP contribution is -2.37. The van der Waals surface area contributed by atoms with Gasteiger partial charge in [0.05, 0.1) is 16.4 Å². The van der Waals surface area contributed by atoms with E-state index >= 15 is 0 Å². The smallest absolute Gasteiger partial charge is 0.352 e. The third kappa shape index (κ3) is 6.40. The molecule has 1 spiro atoms. The fraction of sp³-hybridized carbons (Fsp3) is 0.324. The number of carbonyl (C=O) groups is 7. The maximum atomic E-state index is 13.6. The average molecular weight is 699 g/mol. The highest BCUT2D eigenvalue weighted by molar-refractivity contribution is 6.03. The van der Waals surface area contributed by atoms with Crippen molar-refractivity contribution in [2.45, 2.75) is 60.0 Å². The Morgan fingerprint density at radius 2 is 1.25 bits per heavy atom. The van der Waals surface area contributed by atoms with Gasteiger partial charge in [-0.15, -0.1) is 5.06 Å². The van der Waals surface area contributed by atoms with E-state index in [4.69, 9.17) is 23.8 Å². The molecule has 0 radical (unpaired) electrons. The monoisotopic (exact) mass is 698 g/mol. The summed E-state index contributed by atoms with van der Waals surface area (Å²) in [4.78, 5) is 92.6. The first-order valence-corrected chi connectivity index (χ1v) is 16.0. The second-order valence-electron chi connectivity index (χ2n) is 14.3. The molecule has 14 heteroatoms. The van der Waals surface area contributed by atoms with Gasteiger partial charge in [-0.05, 0) is 77.9 Å². The Bertz CT molecular complexity index is 1960. The molecule has 3 amide bonds. The summed E-state index contributed by atoms with van der Waals surface area (Å²) in [7, 11) is 0. The number of imide groups is 1. The fourth-order valence-electron chi connectivity index (χ4n) is 5.52. The van der Waals surface area contributed by atoms with E-state index in [1.165, 1.54) is 30.3 Å². The molecule has 3 aromatic rings. The van der Waals surface area contributed by atoms with Crippen LogP contribution in [-0.2, 0) is 39.1 Å². The van der Waals surface area contributed by atoms with Crippen LogP contribution in [0.2, 0.25) is 0 Å². The van der Waals surface area contributed by atoms with E-state index in [0.29, 0.717) is 21.8 Å². The molecule has 0 aromatic heterocycles. The van der Waals surface area contributed by atoms with Gasteiger partial charge in [-0.3, -0.25) is 24.0 Å². The molecule has 1 fully saturated rings. The van der Waals surface area contributed by atoms with E-state index in [2.05, 4.69) is 5.32 Å². The van der Waals surface area contributed by atoms with Crippen molar-refractivity contribution in [2.75, 3.05) is 6.54 Å². The Kier molecular flexibility index (Phi) is 8.44. The highest BCUT2D eigenvalue weighted by Gasteiger charge is 2.54. The SMILES string of the molecule is CC(C)(C)C(=O)Oc1ccc2c(c1)Oc1cc(OC(=O)C(C)(C)C)ccc1C21OC(=O)c2cc(C(=O)NCC(=O)ON3C(=O)CCC3=O)ccc21. The van der Waals surface area contributed by atoms with Gasteiger partial charge >= 0.3 is 23.9 Å². The molecule has 3 heterocycles. The summed E-state index contributed by atoms with van der Waals surface area (Å²) < 4.78 is 23.7. The van der Waals surface area contributed by atoms with Crippen molar-refractivity contribution in [1.29, 1.82) is 0 Å². The molecule has 0 aliphatic carbocycles. The number of hydrogen-bond acceptors (Lipinski definition) is 12. The van der Waals surface area contributed by atoms with Crippen LogP contribution in [0.25, 0.3) is 0 Å². The van der Waals surface area contributed by atoms with Crippen LogP contribution >= 0.6 is 0 Å². The first-order chi connectivity index (χ1) is 23.9. The van der Waals surface area contributed by atoms with E-state index in [1.54, 1.807) is 65.8 Å². The number of hydrogen-bond donors (Lipinski definition) is 1. The molecule has 0 unspecified atom stereocenters. The Balaban J connectivity index is 1.35. The van der Waals surface area contributed by atoms with Crippen LogP contribution in [0, 0.1) is 10.8 Å². The molecule has 0 bridgehead atoms. The quantitative estimate of drug-likeness (QED) is 0.217. The number of fused-ring (bicyclic) bond motifs is 6. The molecule has 6 rings (SSSR count). The van der Waals surface area contributed by atoms with Gasteiger partial charge < -0.3 is 29.1 Å². The number of nitrogens with zero attached hydrogens (tertiary/aromatic N) is 1. The Morgan fingerprint density at radius 1 is 0.745 bits per heavy atom. The topological polar surface area (TPSA) is 181 Å². The van der Waals surface area contributed by atoms with E-state index in [1.807, 2.05) is 0 Å². The zero-order valence-electron chi connectivity index (χ0n) is 28.7. The summed E-state index contributed by atoms with van der Waals surface area (Å²) in [5.74, 6) is -4.11. The minimum atomic E-state index is -1.60. The van der Waals surface area contributed by atoms with E-state index < -0.39 is 64.6 Å². The maximum absolute atomic E-state index is 13.6. The van der Waals surface area contributed by atoms with Crippen molar-refractivity contribution >= 4 is 41.6 Å². The van der Waals surface area contributed by atoms with Gasteiger partial charge in [-0.2, -0.15) is 0 Å². The highest BCUT2D eigenvalue weighted by Crippen LogP contribution is 2.57. The second kappa shape index (κ2) is 12.4. The molecular formula is C37H34N2O12. The molecular weight excluding hydrogens is 664 g/mol. The summed E-state index contributed by atoms with van der Waals surface area (Å²) in [5, 5.41) is 2.73. The Hall–Kier alpha value is -6.05. The van der Waals surface area contributed by atoms with Crippen LogP contribution in [-0.4, -0.2) is 53.2 Å². The molecule has 51 heavy (non-hydrogen) atoms. The van der Waals surface area contributed by atoms with E-state index in [-0.39, 0.29) is 47.0 Å². The summed E-state index contributed by atoms with van der Waals surface area (Å²) >= 11 is 0. The summed E-state index contributed by atoms with van der Waals surface area (Å²) in [5.41, 5.74) is -2.00. The molecule has 3 aromatic carbocycles. The first kappa shape index (κ1) is 34.8. The third-order valence-electron chi connectivity index (χ3n) is 8.25. The number of carbonyl (C=O) groups excluding carboxylic acids is 7. The molecule has 3 aliphatic rings. The van der Waals surface area contributed by atoms with Gasteiger partial charge in [0.2, 0.25) is 0 Å². The number of amides is 3. The lowest BCUT2D eigenvalue weighted by atomic mass is 9.77. The summed E-state index contributed by atoms with van der Waals surface area (Å²) in [6, 6.07) is 13.6. The molecule has 0 atom stereocenters. The van der Waals surface area contributed by atoms with Crippen LogP contribution in [0.5, 0.6) is 23.0 Å². The van der Waals surface area contributed by atoms with E-state index in [0.717, 1.165) is 0 Å². The molecule has 3 aliphatic heterocycles. The van der Waals surface area contributed by atoms with Crippen molar-refractivity contribution in [3.05, 3.63) is 82.4 Å². The molecule has 264 valence electrons. The van der Waals surface area contributed by atoms with Crippen LogP contribution < -0.4 is 19.5 Å². The van der Waals surface area contributed by atoms with Crippen molar-refractivity contribution in [1.82, 2.24) is 10.4 Å². The first-order valence-electron chi connectivity index (χ1n) is 16.0. The molecule has 14 nitrogen and oxygen atoms in total.